The highest BCUT2D eigenvalue weighted by atomic mass is 16.5. The fourth-order valence-corrected chi connectivity index (χ4v) is 4.33. The van der Waals surface area contributed by atoms with Crippen LogP contribution in [0.5, 0.6) is 0 Å². The Labute approximate surface area is 202 Å². The van der Waals surface area contributed by atoms with E-state index in [0.717, 1.165) is 4.90 Å². The lowest BCUT2D eigenvalue weighted by Crippen LogP contribution is -2.40. The van der Waals surface area contributed by atoms with Crippen LogP contribution in [0.4, 0.5) is 0 Å². The summed E-state index contributed by atoms with van der Waals surface area (Å²) in [5.74, 6) is -3.13. The van der Waals surface area contributed by atoms with E-state index in [-0.39, 0.29) is 36.6 Å². The van der Waals surface area contributed by atoms with Gasteiger partial charge in [0.15, 0.2) is 0 Å². The van der Waals surface area contributed by atoms with Crippen molar-refractivity contribution in [3.05, 3.63) is 88.0 Å². The zero-order valence-corrected chi connectivity index (χ0v) is 19.7. The Morgan fingerprint density at radius 2 is 1.49 bits per heavy atom. The van der Waals surface area contributed by atoms with E-state index in [1.54, 1.807) is 69.4 Å². The smallest absolute Gasteiger partial charge is 0.336 e. The standard InChI is InChI=1S/C26H25N3O6/c1-4-34-25(32)20-15(3)28-19(14-29-23(30)16-10-6-7-11-17(16)24(29)31)22(26(33)35-5-2)21(20)18-12-8-9-13-27-18/h6-13,21,28H,4-5,14H2,1-3H3. The first kappa shape index (κ1) is 23.9. The third-order valence-electron chi connectivity index (χ3n) is 5.81. The van der Waals surface area contributed by atoms with E-state index in [2.05, 4.69) is 10.3 Å². The number of fused-ring (bicyclic) bond motifs is 1. The lowest BCUT2D eigenvalue weighted by Gasteiger charge is -2.32. The number of benzene rings is 1. The first-order valence-corrected chi connectivity index (χ1v) is 11.3. The fourth-order valence-electron chi connectivity index (χ4n) is 4.33. The molecule has 9 nitrogen and oxygen atoms in total. The van der Waals surface area contributed by atoms with Gasteiger partial charge < -0.3 is 14.8 Å². The third-order valence-corrected chi connectivity index (χ3v) is 5.81. The van der Waals surface area contributed by atoms with Crippen LogP contribution in [0.15, 0.2) is 71.2 Å². The number of pyridine rings is 1. The summed E-state index contributed by atoms with van der Waals surface area (Å²) < 4.78 is 10.6. The largest absolute Gasteiger partial charge is 0.463 e. The number of rotatable bonds is 7. The average Bonchev–Trinajstić information content (AvgIpc) is 3.09. The highest BCUT2D eigenvalue weighted by molar-refractivity contribution is 6.21. The number of dihydropyridines is 1. The van der Waals surface area contributed by atoms with Gasteiger partial charge >= 0.3 is 11.9 Å². The molecule has 2 amide bonds. The molecule has 2 aromatic rings. The number of amides is 2. The van der Waals surface area contributed by atoms with Crippen molar-refractivity contribution in [3.63, 3.8) is 0 Å². The summed E-state index contributed by atoms with van der Waals surface area (Å²) in [5.41, 5.74) is 2.03. The van der Waals surface area contributed by atoms with Gasteiger partial charge in [-0.15, -0.1) is 0 Å². The Balaban J connectivity index is 1.84. The van der Waals surface area contributed by atoms with Gasteiger partial charge in [-0.3, -0.25) is 19.5 Å². The number of carbonyl (C=O) groups is 4. The summed E-state index contributed by atoms with van der Waals surface area (Å²) in [6, 6.07) is 11.7. The van der Waals surface area contributed by atoms with Crippen LogP contribution in [0.2, 0.25) is 0 Å². The predicted molar refractivity (Wildman–Crippen MR) is 125 cm³/mol. The zero-order valence-electron chi connectivity index (χ0n) is 19.7. The zero-order chi connectivity index (χ0) is 25.1. The van der Waals surface area contributed by atoms with Crippen LogP contribution >= 0.6 is 0 Å². The van der Waals surface area contributed by atoms with Gasteiger partial charge in [-0.2, -0.15) is 0 Å². The Kier molecular flexibility index (Phi) is 6.77. The van der Waals surface area contributed by atoms with Crippen LogP contribution in [0.25, 0.3) is 0 Å². The Bertz CT molecular complexity index is 1230. The van der Waals surface area contributed by atoms with Crippen LogP contribution < -0.4 is 5.32 Å². The minimum Gasteiger partial charge on any atom is -0.463 e. The van der Waals surface area contributed by atoms with Crippen molar-refractivity contribution in [1.29, 1.82) is 0 Å². The van der Waals surface area contributed by atoms with Crippen molar-refractivity contribution >= 4 is 23.8 Å². The van der Waals surface area contributed by atoms with Crippen LogP contribution in [0.3, 0.4) is 0 Å². The van der Waals surface area contributed by atoms with E-state index in [9.17, 15) is 19.2 Å². The maximum atomic E-state index is 13.3. The molecule has 1 aromatic heterocycles. The summed E-state index contributed by atoms with van der Waals surface area (Å²) >= 11 is 0. The quantitative estimate of drug-likeness (QED) is 0.480. The molecule has 1 aromatic carbocycles. The molecule has 0 spiro atoms. The Morgan fingerprint density at radius 3 is 2.03 bits per heavy atom. The molecular formula is C26H25N3O6. The van der Waals surface area contributed by atoms with Crippen LogP contribution in [0, 0.1) is 0 Å². The molecule has 9 heteroatoms. The lowest BCUT2D eigenvalue weighted by atomic mass is 9.82. The minimum atomic E-state index is -0.916. The van der Waals surface area contributed by atoms with Crippen molar-refractivity contribution in [2.24, 2.45) is 0 Å². The number of hydrogen-bond donors (Lipinski definition) is 1. The van der Waals surface area contributed by atoms with E-state index in [1.807, 2.05) is 0 Å². The SMILES string of the molecule is CCOC(=O)C1=C(C)NC(CN2C(=O)c3ccccc3C2=O)=C(C(=O)OCC)C1c1ccccn1. The van der Waals surface area contributed by atoms with E-state index in [0.29, 0.717) is 22.5 Å². The first-order chi connectivity index (χ1) is 16.9. The van der Waals surface area contributed by atoms with Gasteiger partial charge in [-0.05, 0) is 45.0 Å². The summed E-state index contributed by atoms with van der Waals surface area (Å²) in [5, 5.41) is 3.07. The molecule has 4 rings (SSSR count). The highest BCUT2D eigenvalue weighted by Crippen LogP contribution is 2.39. The molecule has 1 unspecified atom stereocenters. The average molecular weight is 476 g/mol. The Hall–Kier alpha value is -4.27. The number of imide groups is 1. The maximum Gasteiger partial charge on any atom is 0.336 e. The number of nitrogens with one attached hydrogen (secondary N) is 1. The second kappa shape index (κ2) is 9.92. The summed E-state index contributed by atoms with van der Waals surface area (Å²) in [6.07, 6.45) is 1.56. The van der Waals surface area contributed by atoms with Gasteiger partial charge in [-0.1, -0.05) is 18.2 Å². The minimum absolute atomic E-state index is 0.0923. The number of ether oxygens (including phenoxy) is 2. The molecule has 3 heterocycles. The second-order valence-electron chi connectivity index (χ2n) is 7.93. The number of carbonyl (C=O) groups excluding carboxylic acids is 4. The van der Waals surface area contributed by atoms with Crippen molar-refractivity contribution < 1.29 is 28.7 Å². The van der Waals surface area contributed by atoms with Gasteiger partial charge in [0.1, 0.15) is 0 Å². The molecule has 2 aliphatic rings. The fraction of sp³-hybridized carbons (Fsp3) is 0.269. The van der Waals surface area contributed by atoms with E-state index < -0.39 is 29.7 Å². The number of allylic oxidation sites excluding steroid dienone is 1. The number of hydrogen-bond acceptors (Lipinski definition) is 8. The molecule has 1 N–H and O–H groups in total. The van der Waals surface area contributed by atoms with Crippen LogP contribution in [-0.2, 0) is 19.1 Å². The molecule has 0 fully saturated rings. The molecular weight excluding hydrogens is 450 g/mol. The summed E-state index contributed by atoms with van der Waals surface area (Å²) in [7, 11) is 0. The molecule has 0 saturated carbocycles. The number of esters is 2. The van der Waals surface area contributed by atoms with Gasteiger partial charge in [0.2, 0.25) is 0 Å². The monoisotopic (exact) mass is 475 g/mol. The van der Waals surface area contributed by atoms with Gasteiger partial charge in [0, 0.05) is 17.6 Å². The van der Waals surface area contributed by atoms with Gasteiger partial charge in [0.25, 0.3) is 11.8 Å². The molecule has 2 aliphatic heterocycles. The highest BCUT2D eigenvalue weighted by Gasteiger charge is 2.42. The number of nitrogens with zero attached hydrogens (tertiary/aromatic N) is 2. The molecule has 35 heavy (non-hydrogen) atoms. The van der Waals surface area contributed by atoms with Gasteiger partial charge in [-0.25, -0.2) is 9.59 Å². The molecule has 0 bridgehead atoms. The first-order valence-electron chi connectivity index (χ1n) is 11.3. The normalized spacial score (nSPS) is 17.3. The summed E-state index contributed by atoms with van der Waals surface area (Å²) in [6.45, 7) is 5.06. The van der Waals surface area contributed by atoms with E-state index >= 15 is 0 Å². The third kappa shape index (κ3) is 4.32. The van der Waals surface area contributed by atoms with Crippen molar-refractivity contribution in [2.45, 2.75) is 26.7 Å². The molecule has 0 saturated heterocycles. The van der Waals surface area contributed by atoms with Crippen LogP contribution in [0.1, 0.15) is 53.1 Å². The van der Waals surface area contributed by atoms with Gasteiger partial charge in [0.05, 0.1) is 53.6 Å². The molecule has 180 valence electrons. The molecule has 1 atom stereocenters. The molecule has 0 radical (unpaired) electrons. The lowest BCUT2D eigenvalue weighted by molar-refractivity contribution is -0.139. The topological polar surface area (TPSA) is 115 Å². The Morgan fingerprint density at radius 1 is 0.914 bits per heavy atom. The van der Waals surface area contributed by atoms with Crippen molar-refractivity contribution in [2.75, 3.05) is 19.8 Å². The maximum absolute atomic E-state index is 13.3. The number of aromatic nitrogens is 1. The summed E-state index contributed by atoms with van der Waals surface area (Å²) in [4.78, 5) is 57.7. The van der Waals surface area contributed by atoms with E-state index in [4.69, 9.17) is 9.47 Å². The molecule has 0 aliphatic carbocycles. The second-order valence-corrected chi connectivity index (χ2v) is 7.93. The van der Waals surface area contributed by atoms with Crippen LogP contribution in [-0.4, -0.2) is 53.4 Å². The predicted octanol–water partition coefficient (Wildman–Crippen LogP) is 2.72. The van der Waals surface area contributed by atoms with Crippen molar-refractivity contribution in [1.82, 2.24) is 15.2 Å². The van der Waals surface area contributed by atoms with E-state index in [1.165, 1.54) is 0 Å². The van der Waals surface area contributed by atoms with Crippen molar-refractivity contribution in [3.8, 4) is 0 Å².